The minimum atomic E-state index is 0.0726. The maximum atomic E-state index is 13.6. The summed E-state index contributed by atoms with van der Waals surface area (Å²) in [6.45, 7) is 4.07. The molecule has 5 nitrogen and oxygen atoms in total. The molecule has 1 fully saturated rings. The zero-order valence-corrected chi connectivity index (χ0v) is 18.5. The fraction of sp³-hybridized carbons (Fsp3) is 0.179. The van der Waals surface area contributed by atoms with E-state index >= 15 is 0 Å². The van der Waals surface area contributed by atoms with E-state index in [-0.39, 0.29) is 5.91 Å². The van der Waals surface area contributed by atoms with Crippen LogP contribution in [0.5, 0.6) is 0 Å². The number of hydrogen-bond donors (Lipinski definition) is 0. The van der Waals surface area contributed by atoms with Crippen molar-refractivity contribution >= 4 is 22.9 Å². The maximum absolute atomic E-state index is 13.6. The first-order chi connectivity index (χ1) is 16.3. The van der Waals surface area contributed by atoms with E-state index in [1.165, 1.54) is 5.56 Å². The lowest BCUT2D eigenvalue weighted by Crippen LogP contribution is -2.48. The molecule has 0 radical (unpaired) electrons. The van der Waals surface area contributed by atoms with Gasteiger partial charge in [-0.05, 0) is 29.8 Å². The van der Waals surface area contributed by atoms with Crippen molar-refractivity contribution in [3.63, 3.8) is 0 Å². The second kappa shape index (κ2) is 9.76. The van der Waals surface area contributed by atoms with Crippen LogP contribution >= 0.6 is 0 Å². The van der Waals surface area contributed by atoms with E-state index in [0.717, 1.165) is 54.9 Å². The molecule has 0 unspecified atom stereocenters. The number of benzene rings is 2. The topological polar surface area (TPSA) is 49.3 Å². The third-order valence-corrected chi connectivity index (χ3v) is 6.06. The highest BCUT2D eigenvalue weighted by atomic mass is 16.2. The molecule has 2 aromatic carbocycles. The summed E-state index contributed by atoms with van der Waals surface area (Å²) in [5, 5.41) is 0.897. The van der Waals surface area contributed by atoms with Crippen LogP contribution in [0, 0.1) is 0 Å². The number of carbonyl (C=O) groups is 1. The lowest BCUT2D eigenvalue weighted by Gasteiger charge is -2.34. The van der Waals surface area contributed by atoms with E-state index in [2.05, 4.69) is 34.2 Å². The van der Waals surface area contributed by atoms with Gasteiger partial charge < -0.3 is 4.90 Å². The Kier molecular flexibility index (Phi) is 6.22. The molecular formula is C28H26N4O. The van der Waals surface area contributed by atoms with Gasteiger partial charge in [0.25, 0.3) is 5.91 Å². The monoisotopic (exact) mass is 434 g/mol. The van der Waals surface area contributed by atoms with E-state index in [1.807, 2.05) is 65.6 Å². The first-order valence-corrected chi connectivity index (χ1v) is 11.3. The van der Waals surface area contributed by atoms with Gasteiger partial charge in [0.2, 0.25) is 0 Å². The first kappa shape index (κ1) is 21.0. The Labute approximate surface area is 194 Å². The molecule has 33 heavy (non-hydrogen) atoms. The van der Waals surface area contributed by atoms with E-state index < -0.39 is 0 Å². The maximum Gasteiger partial charge on any atom is 0.254 e. The van der Waals surface area contributed by atoms with Gasteiger partial charge in [-0.15, -0.1) is 0 Å². The van der Waals surface area contributed by atoms with Crippen molar-refractivity contribution in [1.82, 2.24) is 19.8 Å². The summed E-state index contributed by atoms with van der Waals surface area (Å²) < 4.78 is 0. The van der Waals surface area contributed by atoms with Gasteiger partial charge in [-0.2, -0.15) is 0 Å². The fourth-order valence-corrected chi connectivity index (χ4v) is 4.23. The Morgan fingerprint density at radius 1 is 0.879 bits per heavy atom. The minimum Gasteiger partial charge on any atom is -0.336 e. The van der Waals surface area contributed by atoms with Crippen molar-refractivity contribution in [1.29, 1.82) is 0 Å². The van der Waals surface area contributed by atoms with Crippen molar-refractivity contribution in [3.05, 3.63) is 102 Å². The molecule has 4 aromatic rings. The molecule has 1 aliphatic heterocycles. The molecule has 1 saturated heterocycles. The van der Waals surface area contributed by atoms with Crippen molar-refractivity contribution < 1.29 is 4.79 Å². The van der Waals surface area contributed by atoms with Crippen LogP contribution in [0.1, 0.15) is 15.9 Å². The molecule has 164 valence electrons. The standard InChI is InChI=1S/C28H26N4O/c33-28(32-19-17-31(18-20-32)16-6-9-22-7-2-1-3-8-22)25-21-27(23-12-14-29-15-13-23)30-26-11-5-4-10-24(25)26/h1-15,21H,16-20H2/b9-6+. The van der Waals surface area contributed by atoms with Crippen LogP contribution in [0.4, 0.5) is 0 Å². The van der Waals surface area contributed by atoms with E-state index in [1.54, 1.807) is 12.4 Å². The van der Waals surface area contributed by atoms with Crippen LogP contribution in [0.25, 0.3) is 28.2 Å². The highest BCUT2D eigenvalue weighted by Crippen LogP contribution is 2.26. The predicted molar refractivity (Wildman–Crippen MR) is 133 cm³/mol. The van der Waals surface area contributed by atoms with Crippen LogP contribution in [0.15, 0.2) is 91.3 Å². The largest absolute Gasteiger partial charge is 0.336 e. The number of nitrogens with zero attached hydrogens (tertiary/aromatic N) is 4. The molecule has 0 aliphatic carbocycles. The van der Waals surface area contributed by atoms with Crippen LogP contribution in [0.2, 0.25) is 0 Å². The first-order valence-electron chi connectivity index (χ1n) is 11.3. The summed E-state index contributed by atoms with van der Waals surface area (Å²) in [4.78, 5) is 26.8. The quantitative estimate of drug-likeness (QED) is 0.454. The van der Waals surface area contributed by atoms with Gasteiger partial charge in [0.1, 0.15) is 0 Å². The Morgan fingerprint density at radius 2 is 1.61 bits per heavy atom. The molecule has 1 amide bonds. The number of rotatable bonds is 5. The SMILES string of the molecule is O=C(c1cc(-c2ccncc2)nc2ccccc12)N1CCN(C/C=C/c2ccccc2)CC1. The number of amides is 1. The van der Waals surface area contributed by atoms with Gasteiger partial charge in [0.05, 0.1) is 16.8 Å². The molecule has 1 aliphatic rings. The molecule has 5 rings (SSSR count). The third kappa shape index (κ3) is 4.83. The van der Waals surface area contributed by atoms with Crippen LogP contribution in [-0.2, 0) is 0 Å². The highest BCUT2D eigenvalue weighted by Gasteiger charge is 2.24. The fourth-order valence-electron chi connectivity index (χ4n) is 4.23. The normalized spacial score (nSPS) is 14.7. The van der Waals surface area contributed by atoms with Gasteiger partial charge in [-0.25, -0.2) is 4.98 Å². The molecule has 5 heteroatoms. The number of aromatic nitrogens is 2. The van der Waals surface area contributed by atoms with Crippen molar-refractivity contribution in [2.45, 2.75) is 0 Å². The number of pyridine rings is 2. The number of fused-ring (bicyclic) bond motifs is 1. The van der Waals surface area contributed by atoms with Gasteiger partial charge >= 0.3 is 0 Å². The van der Waals surface area contributed by atoms with E-state index in [0.29, 0.717) is 5.56 Å². The van der Waals surface area contributed by atoms with E-state index in [9.17, 15) is 4.79 Å². The van der Waals surface area contributed by atoms with Gasteiger partial charge in [0, 0.05) is 56.1 Å². The molecule has 3 heterocycles. The van der Waals surface area contributed by atoms with Gasteiger partial charge in [-0.3, -0.25) is 14.7 Å². The average molecular weight is 435 g/mol. The van der Waals surface area contributed by atoms with Crippen molar-refractivity contribution in [3.8, 4) is 11.3 Å². The summed E-state index contributed by atoms with van der Waals surface area (Å²) in [6, 6.07) is 24.0. The summed E-state index contributed by atoms with van der Waals surface area (Å²) in [5.41, 5.74) is 4.51. The van der Waals surface area contributed by atoms with Crippen LogP contribution in [0.3, 0.4) is 0 Å². The lowest BCUT2D eigenvalue weighted by atomic mass is 10.0. The molecular weight excluding hydrogens is 408 g/mol. The number of para-hydroxylation sites is 1. The second-order valence-corrected chi connectivity index (χ2v) is 8.21. The number of carbonyl (C=O) groups excluding carboxylic acids is 1. The predicted octanol–water partition coefficient (Wildman–Crippen LogP) is 4.77. The molecule has 0 saturated carbocycles. The van der Waals surface area contributed by atoms with E-state index in [4.69, 9.17) is 4.98 Å². The lowest BCUT2D eigenvalue weighted by molar-refractivity contribution is 0.0652. The van der Waals surface area contributed by atoms with Crippen LogP contribution in [-0.4, -0.2) is 58.4 Å². The molecule has 0 bridgehead atoms. The van der Waals surface area contributed by atoms with Gasteiger partial charge in [0.15, 0.2) is 0 Å². The molecule has 0 spiro atoms. The highest BCUT2D eigenvalue weighted by molar-refractivity contribution is 6.07. The second-order valence-electron chi connectivity index (χ2n) is 8.21. The van der Waals surface area contributed by atoms with Crippen LogP contribution < -0.4 is 0 Å². The number of hydrogen-bond acceptors (Lipinski definition) is 4. The smallest absolute Gasteiger partial charge is 0.254 e. The average Bonchev–Trinajstić information content (AvgIpc) is 2.89. The molecule has 0 N–H and O–H groups in total. The summed E-state index contributed by atoms with van der Waals surface area (Å²) in [5.74, 6) is 0.0726. The summed E-state index contributed by atoms with van der Waals surface area (Å²) in [6.07, 6.45) is 7.85. The summed E-state index contributed by atoms with van der Waals surface area (Å²) in [7, 11) is 0. The zero-order valence-electron chi connectivity index (χ0n) is 18.5. The Balaban J connectivity index is 1.31. The zero-order chi connectivity index (χ0) is 22.5. The van der Waals surface area contributed by atoms with Crippen molar-refractivity contribution in [2.75, 3.05) is 32.7 Å². The Morgan fingerprint density at radius 3 is 2.39 bits per heavy atom. The molecule has 0 atom stereocenters. The minimum absolute atomic E-state index is 0.0726. The Bertz CT molecular complexity index is 1260. The number of piperazine rings is 1. The third-order valence-electron chi connectivity index (χ3n) is 6.06. The summed E-state index contributed by atoms with van der Waals surface area (Å²) >= 11 is 0. The molecule has 2 aromatic heterocycles. The Hall–Kier alpha value is -3.83. The van der Waals surface area contributed by atoms with Gasteiger partial charge in [-0.1, -0.05) is 60.7 Å². The van der Waals surface area contributed by atoms with Crippen molar-refractivity contribution in [2.24, 2.45) is 0 Å².